The van der Waals surface area contributed by atoms with Gasteiger partial charge in [0.1, 0.15) is 0 Å². The van der Waals surface area contributed by atoms with Crippen LogP contribution in [0.2, 0.25) is 0 Å². The highest BCUT2D eigenvalue weighted by Crippen LogP contribution is 2.13. The van der Waals surface area contributed by atoms with E-state index in [-0.39, 0.29) is 35.8 Å². The van der Waals surface area contributed by atoms with Crippen molar-refractivity contribution in [1.29, 1.82) is 0 Å². The van der Waals surface area contributed by atoms with Crippen LogP contribution in [0.1, 0.15) is 59.6 Å². The normalized spacial score (nSPS) is 12.5. The topological polar surface area (TPSA) is 85.8 Å². The molecule has 9 heteroatoms. The van der Waals surface area contributed by atoms with Gasteiger partial charge in [0, 0.05) is 37.8 Å². The van der Waals surface area contributed by atoms with Gasteiger partial charge in [0.25, 0.3) is 0 Å². The average molecular weight is 568 g/mol. The van der Waals surface area contributed by atoms with E-state index in [1.54, 1.807) is 0 Å². The summed E-state index contributed by atoms with van der Waals surface area (Å²) < 4.78 is 27.3. The van der Waals surface area contributed by atoms with E-state index in [0.717, 1.165) is 36.7 Å². The molecule has 1 rings (SSSR count). The van der Waals surface area contributed by atoms with Crippen molar-refractivity contribution in [3.05, 3.63) is 35.4 Å². The standard InChI is InChI=1S/C22H41N5O2S.HI/c1-8-23-22(24-13-14-27(18(4)5)19(6)7)25-15-20-11-9-10-12-21(20)16-30(28,29)26-17(2)3;/h9-12,17-19,26H,8,13-16H2,1-7H3,(H2,23,24,25);1H. The molecule has 0 aliphatic heterocycles. The molecule has 31 heavy (non-hydrogen) atoms. The van der Waals surface area contributed by atoms with Crippen molar-refractivity contribution in [3.63, 3.8) is 0 Å². The number of aliphatic imine (C=N–C) groups is 1. The number of nitrogens with one attached hydrogen (secondary N) is 3. The minimum atomic E-state index is -3.38. The van der Waals surface area contributed by atoms with Crippen molar-refractivity contribution >= 4 is 40.0 Å². The molecule has 0 saturated carbocycles. The van der Waals surface area contributed by atoms with Gasteiger partial charge < -0.3 is 10.6 Å². The molecule has 3 N–H and O–H groups in total. The first kappa shape index (κ1) is 30.1. The largest absolute Gasteiger partial charge is 0.357 e. The summed E-state index contributed by atoms with van der Waals surface area (Å²) in [5.74, 6) is 0.696. The lowest BCUT2D eigenvalue weighted by Crippen LogP contribution is -2.45. The maximum absolute atomic E-state index is 12.3. The Hall–Kier alpha value is -0.910. The molecule has 0 heterocycles. The average Bonchev–Trinajstić information content (AvgIpc) is 2.62. The Morgan fingerprint density at radius 3 is 2.10 bits per heavy atom. The zero-order valence-electron chi connectivity index (χ0n) is 20.1. The second-order valence-corrected chi connectivity index (χ2v) is 10.1. The third-order valence-electron chi connectivity index (χ3n) is 4.62. The third-order valence-corrected chi connectivity index (χ3v) is 6.14. The van der Waals surface area contributed by atoms with Crippen LogP contribution in [0.5, 0.6) is 0 Å². The highest BCUT2D eigenvalue weighted by molar-refractivity contribution is 14.0. The fourth-order valence-electron chi connectivity index (χ4n) is 3.38. The van der Waals surface area contributed by atoms with Crippen molar-refractivity contribution < 1.29 is 8.42 Å². The number of nitrogens with zero attached hydrogens (tertiary/aromatic N) is 2. The van der Waals surface area contributed by atoms with Gasteiger partial charge in [-0.25, -0.2) is 18.1 Å². The quantitative estimate of drug-likeness (QED) is 0.205. The maximum Gasteiger partial charge on any atom is 0.216 e. The molecule has 0 spiro atoms. The summed E-state index contributed by atoms with van der Waals surface area (Å²) >= 11 is 0. The number of halogens is 1. The molecule has 0 atom stereocenters. The monoisotopic (exact) mass is 567 g/mol. The van der Waals surface area contributed by atoms with Crippen LogP contribution in [-0.4, -0.2) is 57.0 Å². The Labute approximate surface area is 206 Å². The molecule has 180 valence electrons. The fourth-order valence-corrected chi connectivity index (χ4v) is 4.87. The van der Waals surface area contributed by atoms with E-state index < -0.39 is 10.0 Å². The first-order valence-corrected chi connectivity index (χ1v) is 12.6. The second kappa shape index (κ2) is 15.0. The molecule has 0 radical (unpaired) electrons. The zero-order chi connectivity index (χ0) is 22.7. The van der Waals surface area contributed by atoms with Gasteiger partial charge in [0.2, 0.25) is 10.0 Å². The van der Waals surface area contributed by atoms with Crippen molar-refractivity contribution in [2.24, 2.45) is 4.99 Å². The van der Waals surface area contributed by atoms with Crippen molar-refractivity contribution in [2.45, 2.75) is 78.9 Å². The van der Waals surface area contributed by atoms with Gasteiger partial charge in [-0.1, -0.05) is 24.3 Å². The molecule has 0 aromatic heterocycles. The van der Waals surface area contributed by atoms with Crippen molar-refractivity contribution in [2.75, 3.05) is 19.6 Å². The highest BCUT2D eigenvalue weighted by atomic mass is 127. The van der Waals surface area contributed by atoms with Crippen LogP contribution in [0, 0.1) is 0 Å². The predicted molar refractivity (Wildman–Crippen MR) is 143 cm³/mol. The highest BCUT2D eigenvalue weighted by Gasteiger charge is 2.15. The number of sulfonamides is 1. The summed E-state index contributed by atoms with van der Waals surface area (Å²) in [6.45, 7) is 17.4. The van der Waals surface area contributed by atoms with Gasteiger partial charge in [0.15, 0.2) is 5.96 Å². The smallest absolute Gasteiger partial charge is 0.216 e. The minimum absolute atomic E-state index is 0. The third kappa shape index (κ3) is 12.1. The Kier molecular flexibility index (Phi) is 14.6. The van der Waals surface area contributed by atoms with Crippen LogP contribution in [0.3, 0.4) is 0 Å². The number of hydrogen-bond acceptors (Lipinski definition) is 4. The van der Waals surface area contributed by atoms with Gasteiger partial charge in [0.05, 0.1) is 12.3 Å². The summed E-state index contributed by atoms with van der Waals surface area (Å²) in [5, 5.41) is 6.66. The lowest BCUT2D eigenvalue weighted by atomic mass is 10.1. The van der Waals surface area contributed by atoms with E-state index in [9.17, 15) is 8.42 Å². The van der Waals surface area contributed by atoms with Crippen molar-refractivity contribution in [1.82, 2.24) is 20.3 Å². The van der Waals surface area contributed by atoms with Crippen molar-refractivity contribution in [3.8, 4) is 0 Å². The lowest BCUT2D eigenvalue weighted by molar-refractivity contribution is 0.178. The Morgan fingerprint density at radius 2 is 1.58 bits per heavy atom. The molecule has 1 aromatic rings. The molecule has 0 saturated heterocycles. The van der Waals surface area contributed by atoms with Crippen LogP contribution in [0.4, 0.5) is 0 Å². The molecule has 0 fully saturated rings. The number of guanidine groups is 1. The molecular weight excluding hydrogens is 525 g/mol. The van der Waals surface area contributed by atoms with E-state index in [4.69, 9.17) is 0 Å². The van der Waals surface area contributed by atoms with Crippen LogP contribution in [-0.2, 0) is 22.3 Å². The number of hydrogen-bond donors (Lipinski definition) is 3. The van der Waals surface area contributed by atoms with Crippen LogP contribution >= 0.6 is 24.0 Å². The molecule has 0 unspecified atom stereocenters. The zero-order valence-corrected chi connectivity index (χ0v) is 23.3. The van der Waals surface area contributed by atoms with Gasteiger partial charge in [-0.3, -0.25) is 4.90 Å². The molecule has 0 amide bonds. The summed E-state index contributed by atoms with van der Waals surface area (Å²) in [4.78, 5) is 7.11. The molecule has 7 nitrogen and oxygen atoms in total. The van der Waals surface area contributed by atoms with E-state index in [0.29, 0.717) is 18.6 Å². The fraction of sp³-hybridized carbons (Fsp3) is 0.682. The summed E-state index contributed by atoms with van der Waals surface area (Å²) in [6.07, 6.45) is 0. The van der Waals surface area contributed by atoms with E-state index >= 15 is 0 Å². The van der Waals surface area contributed by atoms with E-state index in [1.165, 1.54) is 0 Å². The molecule has 0 bridgehead atoms. The first-order chi connectivity index (χ1) is 14.1. The van der Waals surface area contributed by atoms with Gasteiger partial charge in [-0.15, -0.1) is 24.0 Å². The molecular formula is C22H42IN5O2S. The van der Waals surface area contributed by atoms with E-state index in [1.807, 2.05) is 45.0 Å². The minimum Gasteiger partial charge on any atom is -0.357 e. The molecule has 0 aliphatic carbocycles. The summed E-state index contributed by atoms with van der Waals surface area (Å²) in [5.41, 5.74) is 1.69. The van der Waals surface area contributed by atoms with Gasteiger partial charge in [-0.05, 0) is 59.6 Å². The van der Waals surface area contributed by atoms with Crippen LogP contribution in [0.15, 0.2) is 29.3 Å². The first-order valence-electron chi connectivity index (χ1n) is 10.9. The SMILES string of the molecule is CCNC(=NCc1ccccc1CS(=O)(=O)NC(C)C)NCCN(C(C)C)C(C)C.I. The Bertz CT molecular complexity index is 759. The number of benzene rings is 1. The predicted octanol–water partition coefficient (Wildman–Crippen LogP) is 3.31. The molecule has 1 aromatic carbocycles. The maximum atomic E-state index is 12.3. The summed E-state index contributed by atoms with van der Waals surface area (Å²) in [6, 6.07) is 8.42. The van der Waals surface area contributed by atoms with Gasteiger partial charge >= 0.3 is 0 Å². The van der Waals surface area contributed by atoms with E-state index in [2.05, 4.69) is 52.9 Å². The summed E-state index contributed by atoms with van der Waals surface area (Å²) in [7, 11) is -3.38. The van der Waals surface area contributed by atoms with Gasteiger partial charge in [-0.2, -0.15) is 0 Å². The Balaban J connectivity index is 0.00000900. The molecule has 0 aliphatic rings. The van der Waals surface area contributed by atoms with Crippen LogP contribution < -0.4 is 15.4 Å². The lowest BCUT2D eigenvalue weighted by Gasteiger charge is -2.30. The number of rotatable bonds is 12. The second-order valence-electron chi connectivity index (χ2n) is 8.35. The van der Waals surface area contributed by atoms with Crippen LogP contribution in [0.25, 0.3) is 0 Å². The Morgan fingerprint density at radius 1 is 1.00 bits per heavy atom.